The second-order valence-electron chi connectivity index (χ2n) is 6.37. The lowest BCUT2D eigenvalue weighted by Gasteiger charge is -2.16. The molecular formula is C17H19N5O5S. The van der Waals surface area contributed by atoms with Crippen LogP contribution in [-0.4, -0.2) is 49.2 Å². The molecule has 3 rings (SSSR count). The lowest BCUT2D eigenvalue weighted by molar-refractivity contribution is -0.141. The number of anilines is 1. The van der Waals surface area contributed by atoms with Gasteiger partial charge in [0, 0.05) is 17.0 Å². The molecule has 3 atom stereocenters. The topological polar surface area (TPSA) is 174 Å². The second kappa shape index (κ2) is 7.44. The molecule has 0 aromatic carbocycles. The normalized spacial score (nSPS) is 14.5. The fourth-order valence-corrected chi connectivity index (χ4v) is 3.87. The predicted molar refractivity (Wildman–Crippen MR) is 104 cm³/mol. The number of thiophene rings is 1. The minimum Gasteiger partial charge on any atom is -0.480 e. The first-order valence-electron chi connectivity index (χ1n) is 8.37. The van der Waals surface area contributed by atoms with Crippen molar-refractivity contribution in [2.24, 2.45) is 0 Å². The summed E-state index contributed by atoms with van der Waals surface area (Å²) in [5, 5.41) is 21.3. The predicted octanol–water partition coefficient (Wildman–Crippen LogP) is 0.611. The maximum absolute atomic E-state index is 12.3. The fourth-order valence-electron chi connectivity index (χ4n) is 2.88. The van der Waals surface area contributed by atoms with E-state index in [4.69, 9.17) is 10.8 Å². The average Bonchev–Trinajstić information content (AvgIpc) is 3.25. The minimum atomic E-state index is -1.40. The number of nitrogens with two attached hydrogens (primary N) is 1. The van der Waals surface area contributed by atoms with E-state index < -0.39 is 24.0 Å². The summed E-state index contributed by atoms with van der Waals surface area (Å²) in [7, 11) is 0. The number of amides is 1. The summed E-state index contributed by atoms with van der Waals surface area (Å²) in [6.07, 6.45) is 0.433. The van der Waals surface area contributed by atoms with Gasteiger partial charge in [-0.3, -0.25) is 14.6 Å². The van der Waals surface area contributed by atoms with Crippen molar-refractivity contribution >= 4 is 40.2 Å². The van der Waals surface area contributed by atoms with E-state index >= 15 is 0 Å². The zero-order valence-electron chi connectivity index (χ0n) is 15.0. The third-order valence-corrected chi connectivity index (χ3v) is 5.64. The Labute approximate surface area is 162 Å². The maximum Gasteiger partial charge on any atom is 0.328 e. The Morgan fingerprint density at radius 3 is 2.68 bits per heavy atom. The van der Waals surface area contributed by atoms with Crippen LogP contribution in [0.15, 0.2) is 23.1 Å². The number of aliphatic hydroxyl groups excluding tert-OH is 1. The Morgan fingerprint density at radius 2 is 2.04 bits per heavy atom. The minimum absolute atomic E-state index is 0.0136. The van der Waals surface area contributed by atoms with E-state index in [0.29, 0.717) is 21.5 Å². The molecule has 1 amide bonds. The number of carboxylic acids is 1. The lowest BCUT2D eigenvalue weighted by Crippen LogP contribution is -2.47. The Hall–Kier alpha value is -3.18. The number of nitrogen functional groups attached to an aromatic ring is 1. The molecule has 3 aromatic rings. The summed E-state index contributed by atoms with van der Waals surface area (Å²) in [5.74, 6) is -2.13. The monoisotopic (exact) mass is 405 g/mol. The third-order valence-electron chi connectivity index (χ3n) is 4.37. The number of rotatable bonds is 6. The number of carboxylic acid groups (broad SMARTS) is 1. The highest BCUT2D eigenvalue weighted by atomic mass is 32.1. The summed E-state index contributed by atoms with van der Waals surface area (Å²) in [6, 6.07) is 1.90. The maximum atomic E-state index is 12.3. The number of nitrogens with zero attached hydrogens (tertiary/aromatic N) is 1. The summed E-state index contributed by atoms with van der Waals surface area (Å²) in [6.45, 7) is 3.16. The Kier molecular flexibility index (Phi) is 5.21. The smallest absolute Gasteiger partial charge is 0.328 e. The molecule has 0 aliphatic rings. The van der Waals surface area contributed by atoms with Crippen LogP contribution in [-0.2, 0) is 4.79 Å². The largest absolute Gasteiger partial charge is 0.480 e. The fraction of sp³-hybridized carbons (Fsp3) is 0.294. The number of carbonyl (C=O) groups excluding carboxylic acids is 1. The number of H-pyrrole nitrogens is 2. The highest BCUT2D eigenvalue weighted by Gasteiger charge is 2.26. The van der Waals surface area contributed by atoms with Crippen molar-refractivity contribution < 1.29 is 19.8 Å². The van der Waals surface area contributed by atoms with Gasteiger partial charge in [0.1, 0.15) is 5.65 Å². The molecule has 0 saturated heterocycles. The molecule has 0 spiro atoms. The quantitative estimate of drug-likeness (QED) is 0.348. The van der Waals surface area contributed by atoms with Crippen LogP contribution >= 0.6 is 11.3 Å². The molecule has 0 radical (unpaired) electrons. The van der Waals surface area contributed by atoms with Crippen molar-refractivity contribution in [3.05, 3.63) is 44.0 Å². The number of aliphatic hydroxyl groups is 1. The molecule has 3 unspecified atom stereocenters. The van der Waals surface area contributed by atoms with Crippen LogP contribution in [0.5, 0.6) is 0 Å². The van der Waals surface area contributed by atoms with Crippen LogP contribution in [0, 0.1) is 0 Å². The number of hydrogen-bond donors (Lipinski definition) is 6. The third kappa shape index (κ3) is 3.62. The van der Waals surface area contributed by atoms with E-state index in [1.54, 1.807) is 18.3 Å². The SMILES string of the molecule is CC(c1ccc(C(=O)NC(C(=O)O)C(C)O)s1)c1c[nH]c2nc(N)[nH]c(=O)c12. The van der Waals surface area contributed by atoms with Crippen LogP contribution in [0.1, 0.15) is 39.9 Å². The standard InChI is InChI=1S/C17H19N5O5S/c1-6(8-5-19-13-11(8)15(25)22-17(18)21-13)9-3-4-10(28-9)14(24)20-12(7(2)23)16(26)27/h3-7,12,23H,1-2H3,(H,20,24)(H,26,27)(H4,18,19,21,22,25). The van der Waals surface area contributed by atoms with Gasteiger partial charge in [-0.1, -0.05) is 6.92 Å². The molecule has 148 valence electrons. The molecule has 0 bridgehead atoms. The second-order valence-corrected chi connectivity index (χ2v) is 7.49. The summed E-state index contributed by atoms with van der Waals surface area (Å²) in [5.41, 5.74) is 6.26. The molecule has 3 heterocycles. The van der Waals surface area contributed by atoms with E-state index in [-0.39, 0.29) is 17.4 Å². The number of aromatic amines is 2. The summed E-state index contributed by atoms with van der Waals surface area (Å²) in [4.78, 5) is 46.2. The van der Waals surface area contributed by atoms with Crippen molar-refractivity contribution in [2.45, 2.75) is 31.9 Å². The van der Waals surface area contributed by atoms with E-state index in [2.05, 4.69) is 20.3 Å². The number of nitrogens with one attached hydrogen (secondary N) is 3. The van der Waals surface area contributed by atoms with E-state index in [0.717, 1.165) is 4.88 Å². The molecule has 0 aliphatic heterocycles. The average molecular weight is 405 g/mol. The van der Waals surface area contributed by atoms with Gasteiger partial charge in [-0.2, -0.15) is 4.98 Å². The molecule has 0 fully saturated rings. The summed E-state index contributed by atoms with van der Waals surface area (Å²) >= 11 is 1.17. The van der Waals surface area contributed by atoms with Crippen molar-refractivity contribution in [3.63, 3.8) is 0 Å². The molecule has 10 nitrogen and oxygen atoms in total. The highest BCUT2D eigenvalue weighted by Crippen LogP contribution is 2.32. The lowest BCUT2D eigenvalue weighted by atomic mass is 10.0. The van der Waals surface area contributed by atoms with Gasteiger partial charge in [0.25, 0.3) is 11.5 Å². The van der Waals surface area contributed by atoms with Crippen LogP contribution in [0.4, 0.5) is 5.95 Å². The van der Waals surface area contributed by atoms with Gasteiger partial charge in [-0.15, -0.1) is 11.3 Å². The molecule has 0 saturated carbocycles. The highest BCUT2D eigenvalue weighted by molar-refractivity contribution is 7.14. The first-order chi connectivity index (χ1) is 13.2. The molecule has 3 aromatic heterocycles. The molecular weight excluding hydrogens is 386 g/mol. The van der Waals surface area contributed by atoms with E-state index in [1.807, 2.05) is 6.92 Å². The van der Waals surface area contributed by atoms with Gasteiger partial charge >= 0.3 is 5.97 Å². The summed E-state index contributed by atoms with van der Waals surface area (Å²) < 4.78 is 0. The van der Waals surface area contributed by atoms with Crippen molar-refractivity contribution in [1.29, 1.82) is 0 Å². The van der Waals surface area contributed by atoms with Crippen molar-refractivity contribution in [2.75, 3.05) is 5.73 Å². The molecule has 28 heavy (non-hydrogen) atoms. The number of aliphatic carboxylic acids is 1. The van der Waals surface area contributed by atoms with Crippen molar-refractivity contribution in [3.8, 4) is 0 Å². The van der Waals surface area contributed by atoms with Crippen LogP contribution in [0.3, 0.4) is 0 Å². The Bertz CT molecular complexity index is 1100. The molecule has 7 N–H and O–H groups in total. The zero-order valence-corrected chi connectivity index (χ0v) is 15.8. The number of carbonyl (C=O) groups is 2. The number of fused-ring (bicyclic) bond motifs is 1. The van der Waals surface area contributed by atoms with Crippen molar-refractivity contribution in [1.82, 2.24) is 20.3 Å². The Balaban J connectivity index is 1.87. The number of hydrogen-bond acceptors (Lipinski definition) is 7. The van der Waals surface area contributed by atoms with E-state index in [1.165, 1.54) is 18.3 Å². The van der Waals surface area contributed by atoms with Gasteiger partial charge in [-0.05, 0) is 24.6 Å². The van der Waals surface area contributed by atoms with Gasteiger partial charge in [-0.25, -0.2) is 4.79 Å². The molecule has 0 aliphatic carbocycles. The number of aromatic nitrogens is 3. The zero-order chi connectivity index (χ0) is 20.6. The van der Waals surface area contributed by atoms with Crippen LogP contribution in [0.25, 0.3) is 11.0 Å². The Morgan fingerprint density at radius 1 is 1.32 bits per heavy atom. The molecule has 11 heteroatoms. The van der Waals surface area contributed by atoms with Crippen LogP contribution in [0.2, 0.25) is 0 Å². The van der Waals surface area contributed by atoms with Crippen LogP contribution < -0.4 is 16.6 Å². The van der Waals surface area contributed by atoms with Gasteiger partial charge in [0.05, 0.1) is 16.4 Å². The van der Waals surface area contributed by atoms with Gasteiger partial charge in [0.2, 0.25) is 5.95 Å². The van der Waals surface area contributed by atoms with Gasteiger partial charge < -0.3 is 26.2 Å². The first-order valence-corrected chi connectivity index (χ1v) is 9.19. The first kappa shape index (κ1) is 19.6. The van der Waals surface area contributed by atoms with E-state index in [9.17, 15) is 19.5 Å². The van der Waals surface area contributed by atoms with Gasteiger partial charge in [0.15, 0.2) is 6.04 Å².